The minimum atomic E-state index is 0.652. The minimum Gasteiger partial charge on any atom is -0.494 e. The molecule has 0 aliphatic rings. The van der Waals surface area contributed by atoms with Crippen molar-refractivity contribution in [3.63, 3.8) is 0 Å². The SMILES string of the molecule is CCOc1ccc(Nc2cc(Nc3ccccc3)c(NC)cc2N)cc1. The maximum atomic E-state index is 6.23. The summed E-state index contributed by atoms with van der Waals surface area (Å²) in [6.07, 6.45) is 0. The molecule has 0 aliphatic carbocycles. The number of benzene rings is 3. The Balaban J connectivity index is 1.85. The first-order valence-corrected chi connectivity index (χ1v) is 8.63. The zero-order valence-electron chi connectivity index (χ0n) is 15.0. The van der Waals surface area contributed by atoms with E-state index in [0.29, 0.717) is 12.3 Å². The molecule has 0 saturated carbocycles. The van der Waals surface area contributed by atoms with E-state index in [-0.39, 0.29) is 0 Å². The Morgan fingerprint density at radius 1 is 0.808 bits per heavy atom. The molecular weight excluding hydrogens is 324 g/mol. The van der Waals surface area contributed by atoms with Gasteiger partial charge in [0.2, 0.25) is 0 Å². The van der Waals surface area contributed by atoms with Crippen molar-refractivity contribution >= 4 is 34.1 Å². The third kappa shape index (κ3) is 4.19. The summed E-state index contributed by atoms with van der Waals surface area (Å²) in [5.74, 6) is 0.850. The number of rotatable bonds is 7. The molecule has 0 heterocycles. The summed E-state index contributed by atoms with van der Waals surface area (Å²) in [6, 6.07) is 21.8. The maximum absolute atomic E-state index is 6.23. The average molecular weight is 348 g/mol. The van der Waals surface area contributed by atoms with Crippen molar-refractivity contribution in [1.82, 2.24) is 0 Å². The van der Waals surface area contributed by atoms with Gasteiger partial charge in [0, 0.05) is 18.4 Å². The van der Waals surface area contributed by atoms with Crippen molar-refractivity contribution in [3.8, 4) is 5.75 Å². The number of para-hydroxylation sites is 1. The molecule has 0 fully saturated rings. The summed E-state index contributed by atoms with van der Waals surface area (Å²) in [5.41, 5.74) is 11.6. The summed E-state index contributed by atoms with van der Waals surface area (Å²) >= 11 is 0. The maximum Gasteiger partial charge on any atom is 0.119 e. The van der Waals surface area contributed by atoms with E-state index in [1.54, 1.807) is 0 Å². The third-order valence-corrected chi connectivity index (χ3v) is 3.96. The number of nitrogen functional groups attached to an aromatic ring is 1. The zero-order valence-corrected chi connectivity index (χ0v) is 15.0. The van der Waals surface area contributed by atoms with Gasteiger partial charge in [-0.15, -0.1) is 0 Å². The number of nitrogens with one attached hydrogen (secondary N) is 3. The minimum absolute atomic E-state index is 0.652. The normalized spacial score (nSPS) is 10.2. The summed E-state index contributed by atoms with van der Waals surface area (Å²) in [5, 5.41) is 9.98. The Morgan fingerprint density at radius 2 is 1.46 bits per heavy atom. The first kappa shape index (κ1) is 17.5. The van der Waals surface area contributed by atoms with Crippen LogP contribution in [-0.4, -0.2) is 13.7 Å². The first-order valence-electron chi connectivity index (χ1n) is 8.63. The van der Waals surface area contributed by atoms with Crippen LogP contribution in [0.2, 0.25) is 0 Å². The molecule has 0 bridgehead atoms. The van der Waals surface area contributed by atoms with E-state index >= 15 is 0 Å². The molecule has 3 rings (SSSR count). The zero-order chi connectivity index (χ0) is 18.4. The molecule has 3 aromatic carbocycles. The molecule has 5 nitrogen and oxygen atoms in total. The van der Waals surface area contributed by atoms with Gasteiger partial charge in [-0.3, -0.25) is 0 Å². The number of nitrogens with two attached hydrogens (primary N) is 1. The highest BCUT2D eigenvalue weighted by Gasteiger charge is 2.08. The molecule has 5 N–H and O–H groups in total. The third-order valence-electron chi connectivity index (χ3n) is 3.96. The van der Waals surface area contributed by atoms with Crippen LogP contribution < -0.4 is 26.4 Å². The largest absolute Gasteiger partial charge is 0.494 e. The van der Waals surface area contributed by atoms with Gasteiger partial charge in [-0.25, -0.2) is 0 Å². The van der Waals surface area contributed by atoms with Gasteiger partial charge >= 0.3 is 0 Å². The quantitative estimate of drug-likeness (QED) is 0.442. The fourth-order valence-corrected chi connectivity index (χ4v) is 2.67. The summed E-state index contributed by atoms with van der Waals surface area (Å²) in [4.78, 5) is 0. The molecule has 0 saturated heterocycles. The van der Waals surface area contributed by atoms with Gasteiger partial charge in [0.15, 0.2) is 0 Å². The van der Waals surface area contributed by atoms with Crippen LogP contribution in [0, 0.1) is 0 Å². The summed E-state index contributed by atoms with van der Waals surface area (Å²) in [7, 11) is 1.88. The van der Waals surface area contributed by atoms with Crippen LogP contribution in [0.4, 0.5) is 34.1 Å². The topological polar surface area (TPSA) is 71.3 Å². The standard InChI is InChI=1S/C21H24N4O/c1-3-26-17-11-9-16(10-12-17)24-19-14-21(20(23-2)13-18(19)22)25-15-7-5-4-6-8-15/h4-14,23-25H,3,22H2,1-2H3. The summed E-state index contributed by atoms with van der Waals surface area (Å²) in [6.45, 7) is 2.62. The molecule has 5 heteroatoms. The molecule has 0 unspecified atom stereocenters. The van der Waals surface area contributed by atoms with Crippen LogP contribution >= 0.6 is 0 Å². The van der Waals surface area contributed by atoms with Crippen molar-refractivity contribution in [2.24, 2.45) is 0 Å². The van der Waals surface area contributed by atoms with Gasteiger partial charge in [0.05, 0.1) is 29.4 Å². The Bertz CT molecular complexity index is 848. The van der Waals surface area contributed by atoms with Gasteiger partial charge in [-0.1, -0.05) is 18.2 Å². The van der Waals surface area contributed by atoms with Crippen LogP contribution in [0.5, 0.6) is 5.75 Å². The molecule has 0 atom stereocenters. The van der Waals surface area contributed by atoms with Crippen molar-refractivity contribution in [3.05, 3.63) is 66.7 Å². The van der Waals surface area contributed by atoms with E-state index in [9.17, 15) is 0 Å². The second kappa shape index (κ2) is 8.16. The highest BCUT2D eigenvalue weighted by atomic mass is 16.5. The van der Waals surface area contributed by atoms with Crippen LogP contribution in [-0.2, 0) is 0 Å². The molecule has 134 valence electrons. The second-order valence-corrected chi connectivity index (χ2v) is 5.81. The fourth-order valence-electron chi connectivity index (χ4n) is 2.67. The lowest BCUT2D eigenvalue weighted by Gasteiger charge is -2.17. The Labute approximate surface area is 154 Å². The predicted molar refractivity (Wildman–Crippen MR) is 111 cm³/mol. The van der Waals surface area contributed by atoms with E-state index in [1.807, 2.05) is 80.7 Å². The molecule has 3 aromatic rings. The van der Waals surface area contributed by atoms with Crippen LogP contribution in [0.3, 0.4) is 0 Å². The van der Waals surface area contributed by atoms with Crippen molar-refractivity contribution in [1.29, 1.82) is 0 Å². The van der Waals surface area contributed by atoms with Crippen molar-refractivity contribution in [2.45, 2.75) is 6.92 Å². The van der Waals surface area contributed by atoms with Gasteiger partial charge < -0.3 is 26.4 Å². The first-order chi connectivity index (χ1) is 12.7. The molecular formula is C21H24N4O. The van der Waals surface area contributed by atoms with E-state index in [4.69, 9.17) is 10.5 Å². The van der Waals surface area contributed by atoms with Crippen LogP contribution in [0.1, 0.15) is 6.92 Å². The van der Waals surface area contributed by atoms with Crippen LogP contribution in [0.25, 0.3) is 0 Å². The predicted octanol–water partition coefficient (Wildman–Crippen LogP) is 5.20. The lowest BCUT2D eigenvalue weighted by molar-refractivity contribution is 0.340. The Kier molecular flexibility index (Phi) is 5.49. The monoisotopic (exact) mass is 348 g/mol. The molecule has 0 aliphatic heterocycles. The van der Waals surface area contributed by atoms with Crippen molar-refractivity contribution in [2.75, 3.05) is 35.3 Å². The average Bonchev–Trinajstić information content (AvgIpc) is 2.67. The highest BCUT2D eigenvalue weighted by Crippen LogP contribution is 2.35. The van der Waals surface area contributed by atoms with E-state index in [0.717, 1.165) is 34.2 Å². The molecule has 0 aromatic heterocycles. The van der Waals surface area contributed by atoms with Crippen molar-refractivity contribution < 1.29 is 4.74 Å². The van der Waals surface area contributed by atoms with E-state index in [1.165, 1.54) is 0 Å². The number of ether oxygens (including phenoxy) is 1. The number of hydrogen-bond acceptors (Lipinski definition) is 5. The molecule has 0 radical (unpaired) electrons. The second-order valence-electron chi connectivity index (χ2n) is 5.81. The van der Waals surface area contributed by atoms with Crippen LogP contribution in [0.15, 0.2) is 66.7 Å². The fraction of sp³-hybridized carbons (Fsp3) is 0.143. The van der Waals surface area contributed by atoms with E-state index < -0.39 is 0 Å². The van der Waals surface area contributed by atoms with E-state index in [2.05, 4.69) is 16.0 Å². The smallest absolute Gasteiger partial charge is 0.119 e. The molecule has 26 heavy (non-hydrogen) atoms. The number of hydrogen-bond donors (Lipinski definition) is 4. The lowest BCUT2D eigenvalue weighted by atomic mass is 10.1. The Morgan fingerprint density at radius 3 is 2.12 bits per heavy atom. The van der Waals surface area contributed by atoms with Gasteiger partial charge in [-0.05, 0) is 55.5 Å². The molecule has 0 spiro atoms. The lowest BCUT2D eigenvalue weighted by Crippen LogP contribution is -2.02. The molecule has 0 amide bonds. The van der Waals surface area contributed by atoms with Gasteiger partial charge in [-0.2, -0.15) is 0 Å². The van der Waals surface area contributed by atoms with Gasteiger partial charge in [0.1, 0.15) is 5.75 Å². The van der Waals surface area contributed by atoms with Gasteiger partial charge in [0.25, 0.3) is 0 Å². The summed E-state index contributed by atoms with van der Waals surface area (Å²) < 4.78 is 5.48. The number of anilines is 6. The Hall–Kier alpha value is -3.34. The highest BCUT2D eigenvalue weighted by molar-refractivity contribution is 5.86.